The van der Waals surface area contributed by atoms with Gasteiger partial charge in [-0.05, 0) is 37.2 Å². The van der Waals surface area contributed by atoms with Crippen molar-refractivity contribution >= 4 is 26.5 Å². The minimum atomic E-state index is -3.54. The molecule has 0 radical (unpaired) electrons. The zero-order chi connectivity index (χ0) is 14.4. The summed E-state index contributed by atoms with van der Waals surface area (Å²) in [6, 6.07) is 6.93. The lowest BCUT2D eigenvalue weighted by molar-refractivity contribution is 0.601. The number of hydrogen-bond acceptors (Lipinski definition) is 5. The van der Waals surface area contributed by atoms with Gasteiger partial charge in [0.1, 0.15) is 0 Å². The SMILES string of the molecule is CCNCCc1ccc(S(=O)(=O)Nc2nccs2)cc1. The topological polar surface area (TPSA) is 71.1 Å². The van der Waals surface area contributed by atoms with Crippen LogP contribution in [0, 0.1) is 0 Å². The van der Waals surface area contributed by atoms with Gasteiger partial charge in [0.25, 0.3) is 10.0 Å². The van der Waals surface area contributed by atoms with Crippen LogP contribution >= 0.6 is 11.3 Å². The number of anilines is 1. The van der Waals surface area contributed by atoms with Gasteiger partial charge in [0.05, 0.1) is 4.90 Å². The lowest BCUT2D eigenvalue weighted by Gasteiger charge is -2.07. The van der Waals surface area contributed by atoms with Crippen molar-refractivity contribution in [1.82, 2.24) is 10.3 Å². The summed E-state index contributed by atoms with van der Waals surface area (Å²) in [5.74, 6) is 0. The summed E-state index contributed by atoms with van der Waals surface area (Å²) in [5.41, 5.74) is 1.11. The van der Waals surface area contributed by atoms with Crippen molar-refractivity contribution in [2.75, 3.05) is 17.8 Å². The van der Waals surface area contributed by atoms with Crippen LogP contribution in [0.25, 0.3) is 0 Å². The van der Waals surface area contributed by atoms with Gasteiger partial charge in [0, 0.05) is 11.6 Å². The standard InChI is InChI=1S/C13H17N3O2S2/c1-2-14-8-7-11-3-5-12(6-4-11)20(17,18)16-13-15-9-10-19-13/h3-6,9-10,14H,2,7-8H2,1H3,(H,15,16). The largest absolute Gasteiger partial charge is 0.317 e. The van der Waals surface area contributed by atoms with Crippen molar-refractivity contribution in [3.8, 4) is 0 Å². The summed E-state index contributed by atoms with van der Waals surface area (Å²) < 4.78 is 26.7. The van der Waals surface area contributed by atoms with E-state index in [1.54, 1.807) is 23.7 Å². The Morgan fingerprint density at radius 2 is 2.00 bits per heavy atom. The van der Waals surface area contributed by atoms with Crippen LogP contribution in [-0.2, 0) is 16.4 Å². The zero-order valence-electron chi connectivity index (χ0n) is 11.2. The Labute approximate surface area is 123 Å². The second-order valence-electron chi connectivity index (χ2n) is 4.19. The molecule has 2 N–H and O–H groups in total. The molecule has 20 heavy (non-hydrogen) atoms. The molecule has 0 bridgehead atoms. The Kier molecular flexibility index (Phi) is 5.11. The number of rotatable bonds is 7. The van der Waals surface area contributed by atoms with Gasteiger partial charge >= 0.3 is 0 Å². The number of benzene rings is 1. The smallest absolute Gasteiger partial charge is 0.263 e. The van der Waals surface area contributed by atoms with Crippen molar-refractivity contribution in [2.24, 2.45) is 0 Å². The molecule has 7 heteroatoms. The Bertz CT molecular complexity index is 622. The number of nitrogens with zero attached hydrogens (tertiary/aromatic N) is 1. The molecule has 2 aromatic rings. The van der Waals surface area contributed by atoms with Crippen LogP contribution in [0.15, 0.2) is 40.7 Å². The average molecular weight is 311 g/mol. The molecular weight excluding hydrogens is 294 g/mol. The summed E-state index contributed by atoms with van der Waals surface area (Å²) in [7, 11) is -3.54. The molecule has 1 heterocycles. The Morgan fingerprint density at radius 1 is 1.25 bits per heavy atom. The maximum absolute atomic E-state index is 12.1. The number of hydrogen-bond donors (Lipinski definition) is 2. The summed E-state index contributed by atoms with van der Waals surface area (Å²) >= 11 is 1.25. The molecule has 0 amide bonds. The van der Waals surface area contributed by atoms with E-state index in [0.29, 0.717) is 5.13 Å². The van der Waals surface area contributed by atoms with Crippen LogP contribution in [0.4, 0.5) is 5.13 Å². The fourth-order valence-corrected chi connectivity index (χ4v) is 3.48. The van der Waals surface area contributed by atoms with E-state index in [1.807, 2.05) is 12.1 Å². The number of thiazole rings is 1. The van der Waals surface area contributed by atoms with Crippen molar-refractivity contribution in [2.45, 2.75) is 18.2 Å². The molecule has 1 aromatic carbocycles. The molecule has 0 saturated heterocycles. The van der Waals surface area contributed by atoms with Crippen LogP contribution in [0.5, 0.6) is 0 Å². The quantitative estimate of drug-likeness (QED) is 0.768. The summed E-state index contributed by atoms with van der Waals surface area (Å²) in [4.78, 5) is 4.16. The molecule has 0 atom stereocenters. The van der Waals surface area contributed by atoms with Crippen LogP contribution in [0.1, 0.15) is 12.5 Å². The highest BCUT2D eigenvalue weighted by atomic mass is 32.2. The predicted octanol–water partition coefficient (Wildman–Crippen LogP) is 2.10. The molecule has 0 saturated carbocycles. The van der Waals surface area contributed by atoms with E-state index < -0.39 is 10.0 Å². The van der Waals surface area contributed by atoms with E-state index in [4.69, 9.17) is 0 Å². The van der Waals surface area contributed by atoms with E-state index in [9.17, 15) is 8.42 Å². The highest BCUT2D eigenvalue weighted by Crippen LogP contribution is 2.18. The van der Waals surface area contributed by atoms with E-state index in [-0.39, 0.29) is 4.90 Å². The molecule has 0 aliphatic heterocycles. The third-order valence-electron chi connectivity index (χ3n) is 2.73. The predicted molar refractivity (Wildman–Crippen MR) is 81.6 cm³/mol. The maximum Gasteiger partial charge on any atom is 0.263 e. The first-order valence-corrected chi connectivity index (χ1v) is 8.70. The van der Waals surface area contributed by atoms with Gasteiger partial charge in [-0.2, -0.15) is 0 Å². The second kappa shape index (κ2) is 6.83. The van der Waals surface area contributed by atoms with Gasteiger partial charge < -0.3 is 5.32 Å². The molecule has 0 spiro atoms. The molecule has 5 nitrogen and oxygen atoms in total. The van der Waals surface area contributed by atoms with Crippen LogP contribution < -0.4 is 10.0 Å². The molecule has 0 unspecified atom stereocenters. The minimum Gasteiger partial charge on any atom is -0.317 e. The van der Waals surface area contributed by atoms with Crippen LogP contribution in [-0.4, -0.2) is 26.5 Å². The first kappa shape index (κ1) is 15.0. The summed E-state index contributed by atoms with van der Waals surface area (Å²) in [5, 5.41) is 5.33. The van der Waals surface area contributed by atoms with Crippen molar-refractivity contribution in [1.29, 1.82) is 0 Å². The summed E-state index contributed by atoms with van der Waals surface area (Å²) in [6.07, 6.45) is 2.44. The zero-order valence-corrected chi connectivity index (χ0v) is 12.8. The van der Waals surface area contributed by atoms with E-state index >= 15 is 0 Å². The number of sulfonamides is 1. The van der Waals surface area contributed by atoms with Crippen molar-refractivity contribution < 1.29 is 8.42 Å². The van der Waals surface area contributed by atoms with E-state index in [0.717, 1.165) is 25.1 Å². The third kappa shape index (κ3) is 4.03. The fourth-order valence-electron chi connectivity index (χ4n) is 1.69. The summed E-state index contributed by atoms with van der Waals surface area (Å²) in [6.45, 7) is 3.88. The van der Waals surface area contributed by atoms with Gasteiger partial charge in [-0.15, -0.1) is 11.3 Å². The number of aromatic nitrogens is 1. The molecule has 0 fully saturated rings. The normalized spacial score (nSPS) is 11.4. The van der Waals surface area contributed by atoms with Gasteiger partial charge in [-0.1, -0.05) is 19.1 Å². The Hall–Kier alpha value is -1.44. The van der Waals surface area contributed by atoms with E-state index in [1.165, 1.54) is 11.3 Å². The van der Waals surface area contributed by atoms with Gasteiger partial charge in [0.15, 0.2) is 5.13 Å². The van der Waals surface area contributed by atoms with Crippen molar-refractivity contribution in [3.05, 3.63) is 41.4 Å². The minimum absolute atomic E-state index is 0.250. The number of likely N-dealkylation sites (N-methyl/N-ethyl adjacent to an activating group) is 1. The fraction of sp³-hybridized carbons (Fsp3) is 0.308. The lowest BCUT2D eigenvalue weighted by Crippen LogP contribution is -2.16. The van der Waals surface area contributed by atoms with Gasteiger partial charge in [-0.25, -0.2) is 13.4 Å². The van der Waals surface area contributed by atoms with Crippen molar-refractivity contribution in [3.63, 3.8) is 0 Å². The first-order valence-electron chi connectivity index (χ1n) is 6.34. The van der Waals surface area contributed by atoms with Crippen LogP contribution in [0.2, 0.25) is 0 Å². The maximum atomic E-state index is 12.1. The second-order valence-corrected chi connectivity index (χ2v) is 6.77. The first-order chi connectivity index (χ1) is 9.62. The molecule has 0 aliphatic carbocycles. The monoisotopic (exact) mass is 311 g/mol. The average Bonchev–Trinajstić information content (AvgIpc) is 2.92. The number of nitrogens with one attached hydrogen (secondary N) is 2. The van der Waals surface area contributed by atoms with Crippen LogP contribution in [0.3, 0.4) is 0 Å². The third-order valence-corrected chi connectivity index (χ3v) is 4.90. The highest BCUT2D eigenvalue weighted by molar-refractivity contribution is 7.93. The molecular formula is C13H17N3O2S2. The Morgan fingerprint density at radius 3 is 2.60 bits per heavy atom. The Balaban J connectivity index is 2.05. The molecule has 108 valence electrons. The van der Waals surface area contributed by atoms with Gasteiger partial charge in [-0.3, -0.25) is 4.72 Å². The molecule has 0 aliphatic rings. The van der Waals surface area contributed by atoms with E-state index in [2.05, 4.69) is 21.9 Å². The molecule has 1 aromatic heterocycles. The molecule has 2 rings (SSSR count). The van der Waals surface area contributed by atoms with Gasteiger partial charge in [0.2, 0.25) is 0 Å². The lowest BCUT2D eigenvalue weighted by atomic mass is 10.1. The highest BCUT2D eigenvalue weighted by Gasteiger charge is 2.14.